The molecule has 1 amide bonds. The fraction of sp³-hybridized carbons (Fsp3) is 0.542. The first-order chi connectivity index (χ1) is 14.9. The number of nitrogens with zero attached hydrogens (tertiary/aromatic N) is 1. The van der Waals surface area contributed by atoms with Crippen LogP contribution in [0.4, 0.5) is 0 Å². The van der Waals surface area contributed by atoms with Crippen molar-refractivity contribution in [1.29, 1.82) is 10.8 Å². The van der Waals surface area contributed by atoms with Gasteiger partial charge in [0.1, 0.15) is 5.84 Å². The lowest BCUT2D eigenvalue weighted by atomic mass is 9.97. The number of hydrogen-bond acceptors (Lipinski definition) is 6. The second-order valence-electron chi connectivity index (χ2n) is 8.71. The Hall–Kier alpha value is -2.48. The number of carbonyl (C=O) groups excluding carboxylic acids is 3. The molecule has 0 saturated carbocycles. The van der Waals surface area contributed by atoms with Crippen LogP contribution in [0, 0.1) is 16.7 Å². The van der Waals surface area contributed by atoms with E-state index in [1.807, 2.05) is 31.2 Å². The molecule has 1 aromatic carbocycles. The maximum atomic E-state index is 12.7. The normalized spacial score (nSPS) is 12.7. The summed E-state index contributed by atoms with van der Waals surface area (Å²) in [5.74, 6) is -0.114. The molecule has 0 spiro atoms. The summed E-state index contributed by atoms with van der Waals surface area (Å²) in [4.78, 5) is 38.5. The predicted molar refractivity (Wildman–Crippen MR) is 132 cm³/mol. The minimum Gasteiger partial charge on any atom is -0.366 e. The number of Topliss-reactive ketones (excluding diaryl/α,β-unsaturated/α-hetero) is 1. The Morgan fingerprint density at radius 3 is 2.12 bits per heavy atom. The fourth-order valence-corrected chi connectivity index (χ4v) is 4.04. The largest absolute Gasteiger partial charge is 0.366 e. The van der Waals surface area contributed by atoms with Crippen molar-refractivity contribution in [2.75, 3.05) is 19.8 Å². The molecule has 8 heteroatoms. The molecule has 2 atom stereocenters. The molecule has 0 fully saturated rings. The second-order valence-corrected chi connectivity index (χ2v) is 9.73. The van der Waals surface area contributed by atoms with Crippen LogP contribution >= 0.6 is 11.8 Å². The van der Waals surface area contributed by atoms with Gasteiger partial charge in [0.25, 0.3) is 0 Å². The quantitative estimate of drug-likeness (QED) is 0.325. The van der Waals surface area contributed by atoms with E-state index in [1.165, 1.54) is 12.5 Å². The second kappa shape index (κ2) is 13.2. The van der Waals surface area contributed by atoms with Crippen LogP contribution in [-0.2, 0) is 20.8 Å². The Morgan fingerprint density at radius 2 is 1.62 bits per heavy atom. The van der Waals surface area contributed by atoms with E-state index in [2.05, 4.69) is 19.2 Å². The Kier molecular flexibility index (Phi) is 11.3. The lowest BCUT2D eigenvalue weighted by molar-refractivity contribution is -0.125. The minimum atomic E-state index is -0.851. The van der Waals surface area contributed by atoms with Gasteiger partial charge in [-0.1, -0.05) is 56.8 Å². The maximum absolute atomic E-state index is 12.7. The monoisotopic (exact) mass is 460 g/mol. The molecule has 0 aliphatic heterocycles. The summed E-state index contributed by atoms with van der Waals surface area (Å²) in [6, 6.07) is 7.18. The summed E-state index contributed by atoms with van der Waals surface area (Å²) < 4.78 is 0. The van der Waals surface area contributed by atoms with Gasteiger partial charge in [0.15, 0.2) is 10.9 Å². The van der Waals surface area contributed by atoms with Crippen LogP contribution in [0.3, 0.4) is 0 Å². The standard InChI is InChI=1S/C24H36N4O3S/c1-15(2)11-18-7-9-19(10-8-18)16(3)24(31)32-14-21(27-17(4)29)22(30)12-20(25)13-23(26)28(5)6/h7-10,15-16,21,25-26H,11-14H2,1-6H3,(H,27,29)/t16?,21-/m0/s1. The van der Waals surface area contributed by atoms with E-state index in [-0.39, 0.29) is 52.9 Å². The van der Waals surface area contributed by atoms with Crippen LogP contribution in [0.25, 0.3) is 0 Å². The summed E-state index contributed by atoms with van der Waals surface area (Å²) >= 11 is 1.02. The van der Waals surface area contributed by atoms with Crippen LogP contribution < -0.4 is 5.32 Å². The zero-order valence-corrected chi connectivity index (χ0v) is 20.8. The van der Waals surface area contributed by atoms with E-state index in [0.29, 0.717) is 5.92 Å². The number of thioether (sulfide) groups is 1. The lowest BCUT2D eigenvalue weighted by Crippen LogP contribution is -2.42. The predicted octanol–water partition coefficient (Wildman–Crippen LogP) is 3.66. The summed E-state index contributed by atoms with van der Waals surface area (Å²) in [6.07, 6.45) is 0.894. The molecule has 0 heterocycles. The van der Waals surface area contributed by atoms with E-state index < -0.39 is 6.04 Å². The molecule has 1 rings (SSSR count). The first-order valence-corrected chi connectivity index (χ1v) is 11.8. The van der Waals surface area contributed by atoms with E-state index in [1.54, 1.807) is 19.0 Å². The van der Waals surface area contributed by atoms with E-state index in [9.17, 15) is 14.4 Å². The Labute approximate surface area is 195 Å². The van der Waals surface area contributed by atoms with Gasteiger partial charge < -0.3 is 15.6 Å². The third-order valence-corrected chi connectivity index (χ3v) is 6.08. The number of amides is 1. The molecule has 0 aliphatic rings. The van der Waals surface area contributed by atoms with Crippen LogP contribution in [-0.4, -0.2) is 59.1 Å². The number of hydrogen-bond donors (Lipinski definition) is 3. The number of amidine groups is 1. The SMILES string of the molecule is CC(=O)N[C@@H](CSC(=O)C(C)c1ccc(CC(C)C)cc1)C(=O)CC(=N)CC(=N)N(C)C. The van der Waals surface area contributed by atoms with Crippen LogP contribution in [0.2, 0.25) is 0 Å². The van der Waals surface area contributed by atoms with Crippen molar-refractivity contribution >= 4 is 40.1 Å². The van der Waals surface area contributed by atoms with Gasteiger partial charge in [-0.25, -0.2) is 0 Å². The molecule has 32 heavy (non-hydrogen) atoms. The van der Waals surface area contributed by atoms with E-state index >= 15 is 0 Å². The molecule has 0 aromatic heterocycles. The van der Waals surface area contributed by atoms with Crippen LogP contribution in [0.1, 0.15) is 57.6 Å². The summed E-state index contributed by atoms with van der Waals surface area (Å²) in [6.45, 7) is 7.49. The third-order valence-electron chi connectivity index (χ3n) is 4.94. The van der Waals surface area contributed by atoms with Gasteiger partial charge in [0.2, 0.25) is 5.91 Å². The molecule has 176 valence electrons. The maximum Gasteiger partial charge on any atom is 0.217 e. The van der Waals surface area contributed by atoms with E-state index in [4.69, 9.17) is 10.8 Å². The molecule has 3 N–H and O–H groups in total. The van der Waals surface area contributed by atoms with Gasteiger partial charge >= 0.3 is 0 Å². The van der Waals surface area contributed by atoms with Gasteiger partial charge in [-0.15, -0.1) is 0 Å². The Morgan fingerprint density at radius 1 is 1.03 bits per heavy atom. The molecule has 0 aliphatic carbocycles. The van der Waals surface area contributed by atoms with Crippen molar-refractivity contribution in [1.82, 2.24) is 10.2 Å². The van der Waals surface area contributed by atoms with Gasteiger partial charge in [-0.2, -0.15) is 0 Å². The van der Waals surface area contributed by atoms with Crippen LogP contribution in [0.15, 0.2) is 24.3 Å². The van der Waals surface area contributed by atoms with Gasteiger partial charge in [-0.05, 0) is 23.5 Å². The summed E-state index contributed by atoms with van der Waals surface area (Å²) in [5.41, 5.74) is 2.26. The topological polar surface area (TPSA) is 114 Å². The summed E-state index contributed by atoms with van der Waals surface area (Å²) in [5, 5.41) is 18.3. The molecule has 7 nitrogen and oxygen atoms in total. The number of nitrogens with one attached hydrogen (secondary N) is 3. The van der Waals surface area contributed by atoms with E-state index in [0.717, 1.165) is 23.7 Å². The summed E-state index contributed by atoms with van der Waals surface area (Å²) in [7, 11) is 3.41. The first-order valence-electron chi connectivity index (χ1n) is 10.8. The molecule has 0 radical (unpaired) electrons. The Balaban J connectivity index is 2.71. The highest BCUT2D eigenvalue weighted by atomic mass is 32.2. The zero-order valence-electron chi connectivity index (χ0n) is 20.0. The lowest BCUT2D eigenvalue weighted by Gasteiger charge is -2.19. The van der Waals surface area contributed by atoms with Crippen molar-refractivity contribution in [2.24, 2.45) is 5.92 Å². The molecule has 0 saturated heterocycles. The number of rotatable bonds is 12. The van der Waals surface area contributed by atoms with Crippen molar-refractivity contribution in [3.8, 4) is 0 Å². The molecular weight excluding hydrogens is 424 g/mol. The highest BCUT2D eigenvalue weighted by molar-refractivity contribution is 8.13. The number of benzene rings is 1. The van der Waals surface area contributed by atoms with Crippen molar-refractivity contribution in [2.45, 2.75) is 58.9 Å². The highest BCUT2D eigenvalue weighted by Crippen LogP contribution is 2.24. The third kappa shape index (κ3) is 9.77. The zero-order chi connectivity index (χ0) is 24.4. The van der Waals surface area contributed by atoms with Gasteiger partial charge in [-0.3, -0.25) is 19.8 Å². The van der Waals surface area contributed by atoms with Crippen molar-refractivity contribution in [3.05, 3.63) is 35.4 Å². The molecule has 1 aromatic rings. The van der Waals surface area contributed by atoms with Crippen molar-refractivity contribution in [3.63, 3.8) is 0 Å². The van der Waals surface area contributed by atoms with Crippen molar-refractivity contribution < 1.29 is 14.4 Å². The van der Waals surface area contributed by atoms with Gasteiger partial charge in [0.05, 0.1) is 12.0 Å². The molecule has 0 bridgehead atoms. The number of ketones is 1. The Bertz CT molecular complexity index is 834. The minimum absolute atomic E-state index is 0.0709. The average molecular weight is 461 g/mol. The molecular formula is C24H36N4O3S. The highest BCUT2D eigenvalue weighted by Gasteiger charge is 2.24. The molecule has 1 unspecified atom stereocenters. The van der Waals surface area contributed by atoms with Gasteiger partial charge in [0, 0.05) is 45.3 Å². The first kappa shape index (κ1) is 27.6. The average Bonchev–Trinajstić information content (AvgIpc) is 2.69. The number of carbonyl (C=O) groups is 3. The fourth-order valence-electron chi connectivity index (χ4n) is 3.06. The smallest absolute Gasteiger partial charge is 0.217 e. The van der Waals surface area contributed by atoms with Crippen LogP contribution in [0.5, 0.6) is 0 Å².